The molecule has 0 saturated heterocycles. The Labute approximate surface area is 157 Å². The molecule has 27 heavy (non-hydrogen) atoms. The SMILES string of the molecule is Cc1cc(=O)[nH]c2ccc(S(=O)(=O)NCc3n[nH]c4c3CCCCC4)cc12. The minimum absolute atomic E-state index is 0.164. The fraction of sp³-hybridized carbons (Fsp3) is 0.368. The van der Waals surface area contributed by atoms with Crippen LogP contribution >= 0.6 is 0 Å². The van der Waals surface area contributed by atoms with E-state index in [1.165, 1.54) is 18.6 Å². The van der Waals surface area contributed by atoms with Crippen LogP contribution in [0.25, 0.3) is 10.9 Å². The molecule has 8 heteroatoms. The summed E-state index contributed by atoms with van der Waals surface area (Å²) < 4.78 is 28.2. The molecule has 0 radical (unpaired) electrons. The van der Waals surface area contributed by atoms with Crippen molar-refractivity contribution in [3.63, 3.8) is 0 Å². The fourth-order valence-corrected chi connectivity index (χ4v) is 4.70. The minimum atomic E-state index is -3.69. The van der Waals surface area contributed by atoms with Crippen molar-refractivity contribution in [2.24, 2.45) is 0 Å². The van der Waals surface area contributed by atoms with Crippen LogP contribution in [0, 0.1) is 6.92 Å². The molecule has 142 valence electrons. The predicted molar refractivity (Wildman–Crippen MR) is 103 cm³/mol. The Morgan fingerprint density at radius 3 is 2.81 bits per heavy atom. The van der Waals surface area contributed by atoms with Crippen LogP contribution in [0.4, 0.5) is 0 Å². The van der Waals surface area contributed by atoms with E-state index in [0.717, 1.165) is 48.2 Å². The van der Waals surface area contributed by atoms with E-state index in [1.54, 1.807) is 19.1 Å². The number of rotatable bonds is 4. The smallest absolute Gasteiger partial charge is 0.248 e. The lowest BCUT2D eigenvalue weighted by molar-refractivity contribution is 0.580. The van der Waals surface area contributed by atoms with Gasteiger partial charge in [-0.3, -0.25) is 9.89 Å². The molecule has 0 saturated carbocycles. The quantitative estimate of drug-likeness (QED) is 0.598. The van der Waals surface area contributed by atoms with Gasteiger partial charge in [-0.2, -0.15) is 5.10 Å². The van der Waals surface area contributed by atoms with E-state index in [-0.39, 0.29) is 17.0 Å². The van der Waals surface area contributed by atoms with Gasteiger partial charge in [-0.1, -0.05) is 6.42 Å². The van der Waals surface area contributed by atoms with Crippen LogP contribution in [0.3, 0.4) is 0 Å². The van der Waals surface area contributed by atoms with Crippen molar-refractivity contribution in [2.45, 2.75) is 50.5 Å². The first-order valence-electron chi connectivity index (χ1n) is 9.12. The van der Waals surface area contributed by atoms with E-state index in [4.69, 9.17) is 0 Å². The maximum Gasteiger partial charge on any atom is 0.248 e. The van der Waals surface area contributed by atoms with E-state index in [9.17, 15) is 13.2 Å². The molecular weight excluding hydrogens is 364 g/mol. The van der Waals surface area contributed by atoms with Gasteiger partial charge in [0, 0.05) is 22.7 Å². The van der Waals surface area contributed by atoms with Crippen LogP contribution < -0.4 is 10.3 Å². The Balaban J connectivity index is 1.60. The van der Waals surface area contributed by atoms with Gasteiger partial charge in [0.15, 0.2) is 0 Å². The second-order valence-corrected chi connectivity index (χ2v) is 8.80. The molecule has 1 aliphatic rings. The van der Waals surface area contributed by atoms with Gasteiger partial charge in [0.1, 0.15) is 0 Å². The highest BCUT2D eigenvalue weighted by Gasteiger charge is 2.19. The molecule has 0 amide bonds. The fourth-order valence-electron chi connectivity index (χ4n) is 3.69. The maximum atomic E-state index is 12.8. The molecule has 0 spiro atoms. The molecule has 0 aliphatic heterocycles. The number of benzene rings is 1. The first-order chi connectivity index (χ1) is 12.9. The van der Waals surface area contributed by atoms with Crippen molar-refractivity contribution in [2.75, 3.05) is 0 Å². The first-order valence-corrected chi connectivity index (χ1v) is 10.6. The normalized spacial score (nSPS) is 14.9. The van der Waals surface area contributed by atoms with Gasteiger partial charge in [0.25, 0.3) is 0 Å². The first kappa shape index (κ1) is 17.9. The molecule has 1 aliphatic carbocycles. The molecule has 7 nitrogen and oxygen atoms in total. The molecule has 2 heterocycles. The number of hydrogen-bond acceptors (Lipinski definition) is 4. The van der Waals surface area contributed by atoms with E-state index in [0.29, 0.717) is 10.9 Å². The Morgan fingerprint density at radius 1 is 1.15 bits per heavy atom. The third kappa shape index (κ3) is 3.54. The zero-order valence-electron chi connectivity index (χ0n) is 15.1. The van der Waals surface area contributed by atoms with Crippen molar-refractivity contribution in [3.05, 3.63) is 57.1 Å². The minimum Gasteiger partial charge on any atom is -0.322 e. The van der Waals surface area contributed by atoms with Crippen molar-refractivity contribution < 1.29 is 8.42 Å². The van der Waals surface area contributed by atoms with Crippen LogP contribution in [-0.4, -0.2) is 23.6 Å². The van der Waals surface area contributed by atoms with Gasteiger partial charge in [0.05, 0.1) is 17.1 Å². The van der Waals surface area contributed by atoms with Crippen molar-refractivity contribution in [1.29, 1.82) is 0 Å². The van der Waals surface area contributed by atoms with Gasteiger partial charge in [-0.15, -0.1) is 0 Å². The third-order valence-electron chi connectivity index (χ3n) is 5.15. The Hall–Kier alpha value is -2.45. The summed E-state index contributed by atoms with van der Waals surface area (Å²) in [4.78, 5) is 14.5. The number of nitrogens with zero attached hydrogens (tertiary/aromatic N) is 1. The highest BCUT2D eigenvalue weighted by molar-refractivity contribution is 7.89. The predicted octanol–water partition coefficient (Wildman–Crippen LogP) is 2.31. The number of pyridine rings is 1. The lowest BCUT2D eigenvalue weighted by atomic mass is 10.1. The lowest BCUT2D eigenvalue weighted by Gasteiger charge is -2.09. The summed E-state index contributed by atoms with van der Waals surface area (Å²) in [6, 6.07) is 6.18. The largest absolute Gasteiger partial charge is 0.322 e. The summed E-state index contributed by atoms with van der Waals surface area (Å²) in [6.07, 6.45) is 5.34. The van der Waals surface area contributed by atoms with E-state index >= 15 is 0 Å². The number of sulfonamides is 1. The number of hydrogen-bond donors (Lipinski definition) is 3. The van der Waals surface area contributed by atoms with Crippen LogP contribution in [0.5, 0.6) is 0 Å². The Kier molecular flexibility index (Phi) is 4.61. The number of H-pyrrole nitrogens is 2. The highest BCUT2D eigenvalue weighted by Crippen LogP contribution is 2.23. The van der Waals surface area contributed by atoms with Gasteiger partial charge < -0.3 is 4.98 Å². The zero-order chi connectivity index (χ0) is 19.0. The van der Waals surface area contributed by atoms with Gasteiger partial charge in [-0.05, 0) is 61.9 Å². The van der Waals surface area contributed by atoms with Crippen LogP contribution in [0.15, 0.2) is 34.0 Å². The highest BCUT2D eigenvalue weighted by atomic mass is 32.2. The van der Waals surface area contributed by atoms with Crippen LogP contribution in [-0.2, 0) is 29.4 Å². The maximum absolute atomic E-state index is 12.8. The Bertz CT molecular complexity index is 1160. The average molecular weight is 386 g/mol. The average Bonchev–Trinajstić information content (AvgIpc) is 2.86. The third-order valence-corrected chi connectivity index (χ3v) is 6.55. The van der Waals surface area contributed by atoms with Gasteiger partial charge in [-0.25, -0.2) is 13.1 Å². The summed E-state index contributed by atoms with van der Waals surface area (Å²) in [7, 11) is -3.69. The second kappa shape index (κ2) is 6.94. The molecule has 3 N–H and O–H groups in total. The molecule has 4 rings (SSSR count). The molecule has 0 unspecified atom stereocenters. The topological polar surface area (TPSA) is 108 Å². The van der Waals surface area contributed by atoms with Crippen molar-refractivity contribution >= 4 is 20.9 Å². The zero-order valence-corrected chi connectivity index (χ0v) is 15.9. The molecule has 3 aromatic rings. The van der Waals surface area contributed by atoms with E-state index in [1.807, 2.05) is 0 Å². The van der Waals surface area contributed by atoms with Crippen molar-refractivity contribution in [1.82, 2.24) is 19.9 Å². The van der Waals surface area contributed by atoms with E-state index < -0.39 is 10.0 Å². The summed E-state index contributed by atoms with van der Waals surface area (Å²) >= 11 is 0. The summed E-state index contributed by atoms with van der Waals surface area (Å²) in [5, 5.41) is 8.09. The summed E-state index contributed by atoms with van der Waals surface area (Å²) in [5.74, 6) is 0. The molecule has 1 aromatic carbocycles. The Morgan fingerprint density at radius 2 is 1.96 bits per heavy atom. The number of aromatic nitrogens is 3. The van der Waals surface area contributed by atoms with Gasteiger partial charge in [0.2, 0.25) is 15.6 Å². The molecule has 0 atom stereocenters. The molecule has 0 bridgehead atoms. The lowest BCUT2D eigenvalue weighted by Crippen LogP contribution is -2.24. The number of fused-ring (bicyclic) bond motifs is 2. The second-order valence-electron chi connectivity index (χ2n) is 7.04. The van der Waals surface area contributed by atoms with Gasteiger partial charge >= 0.3 is 0 Å². The molecule has 2 aromatic heterocycles. The van der Waals surface area contributed by atoms with Crippen LogP contribution in [0.2, 0.25) is 0 Å². The monoisotopic (exact) mass is 386 g/mol. The number of aromatic amines is 2. The standard InChI is InChI=1S/C19H22N4O3S/c1-12-9-19(24)21-16-8-7-13(10-15(12)16)27(25,26)20-11-18-14-5-3-2-4-6-17(14)22-23-18/h7-10,20H,2-6,11H2,1H3,(H,21,24)(H,22,23). The van der Waals surface area contributed by atoms with Crippen molar-refractivity contribution in [3.8, 4) is 0 Å². The summed E-state index contributed by atoms with van der Waals surface area (Å²) in [5.41, 5.74) is 4.22. The summed E-state index contributed by atoms with van der Waals surface area (Å²) in [6.45, 7) is 1.96. The van der Waals surface area contributed by atoms with E-state index in [2.05, 4.69) is 19.9 Å². The molecular formula is C19H22N4O3S. The molecule has 0 fully saturated rings. The van der Waals surface area contributed by atoms with Crippen LogP contribution in [0.1, 0.15) is 41.8 Å². The number of nitrogens with one attached hydrogen (secondary N) is 3. The number of aryl methyl sites for hydroxylation is 2.